The summed E-state index contributed by atoms with van der Waals surface area (Å²) in [5.74, 6) is 0.893. The predicted molar refractivity (Wildman–Crippen MR) is 261 cm³/mol. The van der Waals surface area contributed by atoms with Crippen LogP contribution in [0.5, 0.6) is 0 Å². The van der Waals surface area contributed by atoms with Gasteiger partial charge in [0.1, 0.15) is 0 Å². The summed E-state index contributed by atoms with van der Waals surface area (Å²) in [5.41, 5.74) is 18.4. The van der Waals surface area contributed by atoms with Crippen molar-refractivity contribution in [2.75, 3.05) is 14.7 Å². The highest BCUT2D eigenvalue weighted by atomic mass is 15.2. The second kappa shape index (κ2) is 15.3. The van der Waals surface area contributed by atoms with Crippen molar-refractivity contribution in [3.8, 4) is 11.1 Å². The molecule has 11 rings (SSSR count). The average molecular weight is 804 g/mol. The van der Waals surface area contributed by atoms with Crippen LogP contribution in [0.2, 0.25) is 0 Å². The molecule has 0 amide bonds. The van der Waals surface area contributed by atoms with Crippen molar-refractivity contribution >= 4 is 51.2 Å². The van der Waals surface area contributed by atoms with Crippen LogP contribution in [0.25, 0.3) is 11.1 Å². The molecule has 0 heterocycles. The Morgan fingerprint density at radius 3 is 1.29 bits per heavy atom. The van der Waals surface area contributed by atoms with Gasteiger partial charge in [-0.05, 0) is 175 Å². The summed E-state index contributed by atoms with van der Waals surface area (Å²) in [4.78, 5) is 7.29. The Morgan fingerprint density at radius 2 is 0.839 bits per heavy atom. The molecule has 2 fully saturated rings. The van der Waals surface area contributed by atoms with Gasteiger partial charge in [-0.1, -0.05) is 123 Å². The third-order valence-corrected chi connectivity index (χ3v) is 14.3. The van der Waals surface area contributed by atoms with Crippen LogP contribution in [-0.2, 0) is 10.8 Å². The minimum atomic E-state index is -0.148. The van der Waals surface area contributed by atoms with Gasteiger partial charge in [-0.25, -0.2) is 0 Å². The van der Waals surface area contributed by atoms with Crippen LogP contribution in [0.15, 0.2) is 200 Å². The lowest BCUT2D eigenvalue weighted by molar-refractivity contribution is 0.419. The molecule has 3 heteroatoms. The Kier molecular flexibility index (Phi) is 9.38. The molecule has 8 aromatic carbocycles. The summed E-state index contributed by atoms with van der Waals surface area (Å²) in [7, 11) is 0. The number of hydrogen-bond donors (Lipinski definition) is 0. The molecular formula is C59H53N3. The Hall–Kier alpha value is -6.84. The summed E-state index contributed by atoms with van der Waals surface area (Å²) in [6.45, 7) is 7.04. The van der Waals surface area contributed by atoms with Gasteiger partial charge in [-0.3, -0.25) is 0 Å². The molecule has 3 aliphatic rings. The standard InChI is InChI=1S/C59H53N3/c1-42-17-16-26-55-57(42)54-32-31-50(40-56(54)58(55,2)3)62(49-29-27-44(28-30-49)59-35-33-43(41-59)34-36-59)53-38-51(60(45-18-8-4-9-19-45)46-20-10-5-11-21-46)37-52(39-53)61(47-22-12-6-13-23-47)48-24-14-7-15-25-48/h4-32,37-40,43H,33-36,41H2,1-3H3. The normalized spacial score (nSPS) is 18.0. The summed E-state index contributed by atoms with van der Waals surface area (Å²) >= 11 is 0. The fourth-order valence-corrected chi connectivity index (χ4v) is 11.3. The third kappa shape index (κ3) is 6.50. The minimum absolute atomic E-state index is 0.148. The highest BCUT2D eigenvalue weighted by molar-refractivity contribution is 5.91. The molecular weight excluding hydrogens is 751 g/mol. The second-order valence-corrected chi connectivity index (χ2v) is 18.4. The van der Waals surface area contributed by atoms with Crippen LogP contribution in [0.1, 0.15) is 68.2 Å². The van der Waals surface area contributed by atoms with Gasteiger partial charge in [-0.2, -0.15) is 0 Å². The van der Waals surface area contributed by atoms with E-state index in [0.29, 0.717) is 5.41 Å². The zero-order chi connectivity index (χ0) is 41.8. The molecule has 0 saturated heterocycles. The quantitative estimate of drug-likeness (QED) is 0.136. The van der Waals surface area contributed by atoms with E-state index in [-0.39, 0.29) is 5.41 Å². The maximum Gasteiger partial charge on any atom is 0.0503 e. The van der Waals surface area contributed by atoms with Crippen LogP contribution >= 0.6 is 0 Å². The number of nitrogens with zero attached hydrogens (tertiary/aromatic N) is 3. The van der Waals surface area contributed by atoms with E-state index in [9.17, 15) is 0 Å². The van der Waals surface area contributed by atoms with Crippen LogP contribution < -0.4 is 14.7 Å². The van der Waals surface area contributed by atoms with Gasteiger partial charge in [0.25, 0.3) is 0 Å². The number of aryl methyl sites for hydroxylation is 1. The van der Waals surface area contributed by atoms with Crippen LogP contribution in [0.4, 0.5) is 51.2 Å². The number of para-hydroxylation sites is 4. The zero-order valence-electron chi connectivity index (χ0n) is 36.0. The fraction of sp³-hybridized carbons (Fsp3) is 0.186. The SMILES string of the molecule is Cc1cccc2c1-c1ccc(N(c3ccc(C45CCC(CC4)C5)cc3)c3cc(N(c4ccccc4)c4ccccc4)cc(N(c4ccccc4)c4ccccc4)c3)cc1C2(C)C. The Balaban J connectivity index is 1.16. The van der Waals surface area contributed by atoms with Crippen molar-refractivity contribution in [2.24, 2.45) is 5.92 Å². The van der Waals surface area contributed by atoms with Gasteiger partial charge in [0.05, 0.1) is 17.1 Å². The van der Waals surface area contributed by atoms with Crippen molar-refractivity contribution in [1.82, 2.24) is 0 Å². The first kappa shape index (κ1) is 38.1. The molecule has 0 radical (unpaired) electrons. The Morgan fingerprint density at radius 1 is 0.403 bits per heavy atom. The van der Waals surface area contributed by atoms with E-state index in [1.807, 2.05) is 0 Å². The summed E-state index contributed by atoms with van der Waals surface area (Å²) < 4.78 is 0. The fourth-order valence-electron chi connectivity index (χ4n) is 11.3. The van der Waals surface area contributed by atoms with Crippen LogP contribution in [0, 0.1) is 12.8 Å². The van der Waals surface area contributed by atoms with Gasteiger partial charge in [0, 0.05) is 39.5 Å². The summed E-state index contributed by atoms with van der Waals surface area (Å²) in [6, 6.07) is 74.0. The molecule has 0 unspecified atom stereocenters. The smallest absolute Gasteiger partial charge is 0.0503 e. The maximum absolute atomic E-state index is 2.51. The van der Waals surface area contributed by atoms with E-state index in [2.05, 4.69) is 236 Å². The monoisotopic (exact) mass is 803 g/mol. The molecule has 2 bridgehead atoms. The maximum atomic E-state index is 2.51. The van der Waals surface area contributed by atoms with Gasteiger partial charge in [0.2, 0.25) is 0 Å². The van der Waals surface area contributed by atoms with Gasteiger partial charge < -0.3 is 14.7 Å². The molecule has 0 N–H and O–H groups in total. The molecule has 3 aliphatic carbocycles. The number of fused-ring (bicyclic) bond motifs is 5. The molecule has 62 heavy (non-hydrogen) atoms. The number of rotatable bonds is 10. The first-order valence-corrected chi connectivity index (χ1v) is 22.5. The van der Waals surface area contributed by atoms with Crippen molar-refractivity contribution in [3.63, 3.8) is 0 Å². The summed E-state index contributed by atoms with van der Waals surface area (Å²) in [6.07, 6.45) is 6.71. The lowest BCUT2D eigenvalue weighted by Crippen LogP contribution is -2.20. The molecule has 0 atom stereocenters. The molecule has 0 aliphatic heterocycles. The van der Waals surface area contributed by atoms with Gasteiger partial charge >= 0.3 is 0 Å². The first-order valence-electron chi connectivity index (χ1n) is 22.5. The summed E-state index contributed by atoms with van der Waals surface area (Å²) in [5, 5.41) is 0. The van der Waals surface area contributed by atoms with E-state index >= 15 is 0 Å². The molecule has 304 valence electrons. The molecule has 8 aromatic rings. The van der Waals surface area contributed by atoms with Crippen LogP contribution in [-0.4, -0.2) is 0 Å². The van der Waals surface area contributed by atoms with Crippen molar-refractivity contribution in [2.45, 2.75) is 63.7 Å². The van der Waals surface area contributed by atoms with E-state index in [1.165, 1.54) is 65.5 Å². The van der Waals surface area contributed by atoms with Gasteiger partial charge in [-0.15, -0.1) is 0 Å². The molecule has 0 aromatic heterocycles. The second-order valence-electron chi connectivity index (χ2n) is 18.4. The van der Waals surface area contributed by atoms with Crippen LogP contribution in [0.3, 0.4) is 0 Å². The molecule has 3 nitrogen and oxygen atoms in total. The topological polar surface area (TPSA) is 9.72 Å². The van der Waals surface area contributed by atoms with E-state index < -0.39 is 0 Å². The highest BCUT2D eigenvalue weighted by Crippen LogP contribution is 2.56. The van der Waals surface area contributed by atoms with Crippen molar-refractivity contribution < 1.29 is 0 Å². The number of anilines is 9. The largest absolute Gasteiger partial charge is 0.310 e. The van der Waals surface area contributed by atoms with E-state index in [0.717, 1.165) is 57.1 Å². The minimum Gasteiger partial charge on any atom is -0.310 e. The Bertz CT molecular complexity index is 2680. The number of hydrogen-bond acceptors (Lipinski definition) is 3. The van der Waals surface area contributed by atoms with E-state index in [1.54, 1.807) is 0 Å². The lowest BCUT2D eigenvalue weighted by atomic mass is 9.78. The first-order chi connectivity index (χ1) is 30.4. The molecule has 2 saturated carbocycles. The van der Waals surface area contributed by atoms with Crippen molar-refractivity contribution in [3.05, 3.63) is 222 Å². The predicted octanol–water partition coefficient (Wildman–Crippen LogP) is 16.5. The molecule has 0 spiro atoms. The Labute approximate surface area is 367 Å². The highest BCUT2D eigenvalue weighted by Gasteiger charge is 2.45. The third-order valence-electron chi connectivity index (χ3n) is 14.3. The van der Waals surface area contributed by atoms with Crippen molar-refractivity contribution in [1.29, 1.82) is 0 Å². The zero-order valence-corrected chi connectivity index (χ0v) is 36.0. The van der Waals surface area contributed by atoms with Gasteiger partial charge in [0.15, 0.2) is 0 Å². The lowest BCUT2D eigenvalue weighted by Gasteiger charge is -2.34. The average Bonchev–Trinajstić information content (AvgIpc) is 4.00. The number of benzene rings is 8. The van der Waals surface area contributed by atoms with E-state index in [4.69, 9.17) is 0 Å².